The molecule has 3 N–H and O–H groups in total. The molecule has 2 amide bonds. The summed E-state index contributed by atoms with van der Waals surface area (Å²) in [6.45, 7) is 2.88. The van der Waals surface area contributed by atoms with Crippen molar-refractivity contribution >= 4 is 29.3 Å². The van der Waals surface area contributed by atoms with Gasteiger partial charge in [-0.25, -0.2) is 0 Å². The molecule has 0 fully saturated rings. The van der Waals surface area contributed by atoms with Crippen LogP contribution in [0.4, 0.5) is 5.69 Å². The van der Waals surface area contributed by atoms with Crippen molar-refractivity contribution in [2.24, 2.45) is 5.73 Å². The molecule has 1 aromatic heterocycles. The standard InChI is InChI=1S/C21H23N5O4S/c1-3-26-18(12-30-17-10-8-16(29-2)9-11-17)24-25-21(26)31-13-19(27)23-15-6-4-14(5-7-15)20(22)28/h4-11H,3,12-13H2,1-2H3,(H2,22,28)(H,23,27). The summed E-state index contributed by atoms with van der Waals surface area (Å²) in [5, 5.41) is 11.8. The Morgan fingerprint density at radius 2 is 1.74 bits per heavy atom. The molecule has 0 radical (unpaired) electrons. The second-order valence-corrected chi connectivity index (χ2v) is 7.33. The molecule has 0 atom stereocenters. The number of hydrogen-bond acceptors (Lipinski definition) is 7. The van der Waals surface area contributed by atoms with Gasteiger partial charge in [-0.1, -0.05) is 11.8 Å². The summed E-state index contributed by atoms with van der Waals surface area (Å²) in [5.74, 6) is 1.57. The normalized spacial score (nSPS) is 10.5. The van der Waals surface area contributed by atoms with Crippen molar-refractivity contribution in [1.29, 1.82) is 0 Å². The predicted octanol–water partition coefficient (Wildman–Crippen LogP) is 2.72. The fourth-order valence-electron chi connectivity index (χ4n) is 2.72. The molecule has 0 bridgehead atoms. The molecule has 10 heteroatoms. The Bertz CT molecular complexity index is 1030. The van der Waals surface area contributed by atoms with E-state index in [0.29, 0.717) is 34.5 Å². The quantitative estimate of drug-likeness (QED) is 0.464. The third-order valence-corrected chi connectivity index (χ3v) is 5.29. The van der Waals surface area contributed by atoms with E-state index in [1.54, 1.807) is 31.4 Å². The first-order valence-corrected chi connectivity index (χ1v) is 10.5. The molecule has 0 aliphatic carbocycles. The number of anilines is 1. The number of carbonyl (C=O) groups is 2. The van der Waals surface area contributed by atoms with Gasteiger partial charge < -0.3 is 25.1 Å². The van der Waals surface area contributed by atoms with E-state index in [1.165, 1.54) is 11.8 Å². The molecule has 0 spiro atoms. The van der Waals surface area contributed by atoms with E-state index in [9.17, 15) is 9.59 Å². The van der Waals surface area contributed by atoms with Crippen LogP contribution in [0.5, 0.6) is 11.5 Å². The van der Waals surface area contributed by atoms with Crippen LogP contribution in [0.15, 0.2) is 53.7 Å². The van der Waals surface area contributed by atoms with Gasteiger partial charge in [-0.05, 0) is 55.5 Å². The molecule has 0 saturated heterocycles. The number of amides is 2. The molecular weight excluding hydrogens is 418 g/mol. The summed E-state index contributed by atoms with van der Waals surface area (Å²) in [7, 11) is 1.61. The van der Waals surface area contributed by atoms with Crippen molar-refractivity contribution in [1.82, 2.24) is 14.8 Å². The highest BCUT2D eigenvalue weighted by Gasteiger charge is 2.14. The van der Waals surface area contributed by atoms with E-state index < -0.39 is 5.91 Å². The summed E-state index contributed by atoms with van der Waals surface area (Å²) < 4.78 is 12.8. The highest BCUT2D eigenvalue weighted by molar-refractivity contribution is 7.99. The number of nitrogens with two attached hydrogens (primary N) is 1. The number of benzene rings is 2. The van der Waals surface area contributed by atoms with Gasteiger partial charge in [-0.2, -0.15) is 0 Å². The summed E-state index contributed by atoms with van der Waals surface area (Å²) in [4.78, 5) is 23.4. The molecule has 9 nitrogen and oxygen atoms in total. The maximum absolute atomic E-state index is 12.3. The molecule has 0 aliphatic rings. The molecular formula is C21H23N5O4S. The average Bonchev–Trinajstić information content (AvgIpc) is 3.18. The lowest BCUT2D eigenvalue weighted by molar-refractivity contribution is -0.113. The van der Waals surface area contributed by atoms with Gasteiger partial charge in [0.1, 0.15) is 18.1 Å². The molecule has 162 valence electrons. The third-order valence-electron chi connectivity index (χ3n) is 4.32. The highest BCUT2D eigenvalue weighted by Crippen LogP contribution is 2.21. The zero-order chi connectivity index (χ0) is 22.2. The number of rotatable bonds is 10. The number of nitrogens with zero attached hydrogens (tertiary/aromatic N) is 3. The van der Waals surface area contributed by atoms with Crippen molar-refractivity contribution in [2.75, 3.05) is 18.2 Å². The van der Waals surface area contributed by atoms with Gasteiger partial charge >= 0.3 is 0 Å². The van der Waals surface area contributed by atoms with Crippen molar-refractivity contribution in [3.63, 3.8) is 0 Å². The first-order valence-electron chi connectivity index (χ1n) is 9.51. The Balaban J connectivity index is 1.54. The molecule has 0 saturated carbocycles. The fourth-order valence-corrected chi connectivity index (χ4v) is 3.54. The Morgan fingerprint density at radius 1 is 1.06 bits per heavy atom. The van der Waals surface area contributed by atoms with E-state index in [0.717, 1.165) is 5.75 Å². The number of methoxy groups -OCH3 is 1. The summed E-state index contributed by atoms with van der Waals surface area (Å²) >= 11 is 1.29. The van der Waals surface area contributed by atoms with Crippen LogP contribution in [0, 0.1) is 0 Å². The minimum Gasteiger partial charge on any atom is -0.497 e. The van der Waals surface area contributed by atoms with Crippen LogP contribution >= 0.6 is 11.8 Å². The number of thioether (sulfide) groups is 1. The molecule has 31 heavy (non-hydrogen) atoms. The highest BCUT2D eigenvalue weighted by atomic mass is 32.2. The molecule has 2 aromatic carbocycles. The van der Waals surface area contributed by atoms with Gasteiger partial charge in [-0.15, -0.1) is 10.2 Å². The monoisotopic (exact) mass is 441 g/mol. The number of primary amides is 1. The van der Waals surface area contributed by atoms with Crippen molar-refractivity contribution < 1.29 is 19.1 Å². The zero-order valence-electron chi connectivity index (χ0n) is 17.2. The number of nitrogens with one attached hydrogen (secondary N) is 1. The SMILES string of the molecule is CCn1c(COc2ccc(OC)cc2)nnc1SCC(=O)Nc1ccc(C(N)=O)cc1. The predicted molar refractivity (Wildman–Crippen MR) is 117 cm³/mol. The molecule has 3 aromatic rings. The smallest absolute Gasteiger partial charge is 0.248 e. The number of aromatic nitrogens is 3. The van der Waals surface area contributed by atoms with Crippen LogP contribution in [0.3, 0.4) is 0 Å². The Labute approximate surface area is 183 Å². The van der Waals surface area contributed by atoms with E-state index in [4.69, 9.17) is 15.2 Å². The minimum absolute atomic E-state index is 0.162. The summed E-state index contributed by atoms with van der Waals surface area (Å²) in [5.41, 5.74) is 6.18. The first-order chi connectivity index (χ1) is 15.0. The Hall–Kier alpha value is -3.53. The van der Waals surface area contributed by atoms with Crippen LogP contribution in [0.1, 0.15) is 23.1 Å². The van der Waals surface area contributed by atoms with E-state index in [2.05, 4.69) is 15.5 Å². The van der Waals surface area contributed by atoms with Crippen LogP contribution in [0.25, 0.3) is 0 Å². The number of ether oxygens (including phenoxy) is 2. The lowest BCUT2D eigenvalue weighted by Crippen LogP contribution is -2.15. The van der Waals surface area contributed by atoms with Crippen LogP contribution < -0.4 is 20.5 Å². The Kier molecular flexibility index (Phi) is 7.50. The zero-order valence-corrected chi connectivity index (χ0v) is 18.0. The van der Waals surface area contributed by atoms with Gasteiger partial charge in [0.05, 0.1) is 12.9 Å². The van der Waals surface area contributed by atoms with Gasteiger partial charge in [0.15, 0.2) is 11.0 Å². The third kappa shape index (κ3) is 5.98. The lowest BCUT2D eigenvalue weighted by atomic mass is 10.2. The minimum atomic E-state index is -0.515. The molecule has 1 heterocycles. The van der Waals surface area contributed by atoms with Crippen LogP contribution in [-0.4, -0.2) is 39.4 Å². The number of hydrogen-bond donors (Lipinski definition) is 2. The van der Waals surface area contributed by atoms with Crippen molar-refractivity contribution in [3.8, 4) is 11.5 Å². The first kappa shape index (κ1) is 22.2. The van der Waals surface area contributed by atoms with Crippen LogP contribution in [-0.2, 0) is 17.9 Å². The lowest BCUT2D eigenvalue weighted by Gasteiger charge is -2.09. The maximum atomic E-state index is 12.3. The van der Waals surface area contributed by atoms with Crippen molar-refractivity contribution in [2.45, 2.75) is 25.2 Å². The summed E-state index contributed by atoms with van der Waals surface area (Å²) in [6, 6.07) is 13.7. The van der Waals surface area contributed by atoms with Gasteiger partial charge in [0, 0.05) is 17.8 Å². The molecule has 3 rings (SSSR count). The van der Waals surface area contributed by atoms with E-state index >= 15 is 0 Å². The Morgan fingerprint density at radius 3 is 2.35 bits per heavy atom. The van der Waals surface area contributed by atoms with Gasteiger partial charge in [0.2, 0.25) is 11.8 Å². The molecule has 0 unspecified atom stereocenters. The van der Waals surface area contributed by atoms with Gasteiger partial charge in [-0.3, -0.25) is 9.59 Å². The topological polar surface area (TPSA) is 121 Å². The second kappa shape index (κ2) is 10.5. The average molecular weight is 442 g/mol. The maximum Gasteiger partial charge on any atom is 0.248 e. The molecule has 0 aliphatic heterocycles. The van der Waals surface area contributed by atoms with Crippen LogP contribution in [0.2, 0.25) is 0 Å². The van der Waals surface area contributed by atoms with E-state index in [-0.39, 0.29) is 18.3 Å². The van der Waals surface area contributed by atoms with Gasteiger partial charge in [0.25, 0.3) is 0 Å². The largest absolute Gasteiger partial charge is 0.497 e. The summed E-state index contributed by atoms with van der Waals surface area (Å²) in [6.07, 6.45) is 0. The van der Waals surface area contributed by atoms with Crippen molar-refractivity contribution in [3.05, 3.63) is 59.9 Å². The van der Waals surface area contributed by atoms with E-state index in [1.807, 2.05) is 35.8 Å². The second-order valence-electron chi connectivity index (χ2n) is 6.39. The number of carbonyl (C=O) groups excluding carboxylic acids is 2. The fraction of sp³-hybridized carbons (Fsp3) is 0.238.